The maximum absolute atomic E-state index is 5.85. The molecule has 0 bridgehead atoms. The standard InChI is InChI=1S/C12H17N/c1-2-6-12(13)10-9-11-7-4-3-5-8-11/h2-8,12H,9-10,13H2,1H3/t12-/m1/s1. The molecule has 0 amide bonds. The normalized spacial score (nSPS) is 13.4. The average Bonchev–Trinajstić information content (AvgIpc) is 2.17. The maximum atomic E-state index is 5.85. The Morgan fingerprint density at radius 2 is 2.00 bits per heavy atom. The highest BCUT2D eigenvalue weighted by Gasteiger charge is 1.97. The summed E-state index contributed by atoms with van der Waals surface area (Å²) in [6, 6.07) is 10.7. The predicted octanol–water partition coefficient (Wildman–Crippen LogP) is 2.52. The van der Waals surface area contributed by atoms with Crippen LogP contribution in [0.3, 0.4) is 0 Å². The Hall–Kier alpha value is -1.08. The van der Waals surface area contributed by atoms with Crippen molar-refractivity contribution in [1.29, 1.82) is 0 Å². The Balaban J connectivity index is 2.35. The number of benzene rings is 1. The van der Waals surface area contributed by atoms with Gasteiger partial charge in [0.1, 0.15) is 0 Å². The maximum Gasteiger partial charge on any atom is 0.0226 e. The largest absolute Gasteiger partial charge is 0.324 e. The van der Waals surface area contributed by atoms with Crippen LogP contribution in [-0.4, -0.2) is 6.04 Å². The summed E-state index contributed by atoms with van der Waals surface area (Å²) in [6.07, 6.45) is 6.14. The Bertz CT molecular complexity index is 251. The molecule has 0 aromatic heterocycles. The predicted molar refractivity (Wildman–Crippen MR) is 57.6 cm³/mol. The number of allylic oxidation sites excluding steroid dienone is 1. The van der Waals surface area contributed by atoms with E-state index in [0.29, 0.717) is 0 Å². The molecule has 0 spiro atoms. The number of aryl methyl sites for hydroxylation is 1. The van der Waals surface area contributed by atoms with Crippen molar-refractivity contribution in [2.75, 3.05) is 0 Å². The minimum atomic E-state index is 0.199. The number of nitrogens with two attached hydrogens (primary N) is 1. The molecule has 0 saturated carbocycles. The summed E-state index contributed by atoms with van der Waals surface area (Å²) in [5.41, 5.74) is 7.21. The second-order valence-corrected chi connectivity index (χ2v) is 3.21. The molecule has 0 aliphatic carbocycles. The van der Waals surface area contributed by atoms with E-state index in [2.05, 4.69) is 24.3 Å². The fourth-order valence-corrected chi connectivity index (χ4v) is 1.32. The monoisotopic (exact) mass is 175 g/mol. The van der Waals surface area contributed by atoms with Gasteiger partial charge in [-0.05, 0) is 25.3 Å². The quantitative estimate of drug-likeness (QED) is 0.699. The summed E-state index contributed by atoms with van der Waals surface area (Å²) in [4.78, 5) is 0. The smallest absolute Gasteiger partial charge is 0.0226 e. The third-order valence-electron chi connectivity index (χ3n) is 2.05. The summed E-state index contributed by atoms with van der Waals surface area (Å²) in [5.74, 6) is 0. The molecular weight excluding hydrogens is 158 g/mol. The van der Waals surface area contributed by atoms with Gasteiger partial charge in [-0.3, -0.25) is 0 Å². The van der Waals surface area contributed by atoms with E-state index in [1.165, 1.54) is 5.56 Å². The van der Waals surface area contributed by atoms with Crippen molar-refractivity contribution in [2.24, 2.45) is 5.73 Å². The topological polar surface area (TPSA) is 26.0 Å². The lowest BCUT2D eigenvalue weighted by Gasteiger charge is -2.05. The Labute approximate surface area is 80.3 Å². The van der Waals surface area contributed by atoms with Crippen molar-refractivity contribution in [3.63, 3.8) is 0 Å². The van der Waals surface area contributed by atoms with Gasteiger partial charge in [0.2, 0.25) is 0 Å². The summed E-state index contributed by atoms with van der Waals surface area (Å²) < 4.78 is 0. The fourth-order valence-electron chi connectivity index (χ4n) is 1.32. The van der Waals surface area contributed by atoms with Crippen LogP contribution < -0.4 is 5.73 Å². The van der Waals surface area contributed by atoms with Gasteiger partial charge in [-0.15, -0.1) is 0 Å². The third kappa shape index (κ3) is 3.90. The molecule has 1 rings (SSSR count). The second-order valence-electron chi connectivity index (χ2n) is 3.21. The molecule has 1 aromatic carbocycles. The first-order chi connectivity index (χ1) is 6.33. The molecule has 0 heterocycles. The van der Waals surface area contributed by atoms with E-state index in [4.69, 9.17) is 5.73 Å². The third-order valence-corrected chi connectivity index (χ3v) is 2.05. The first-order valence-electron chi connectivity index (χ1n) is 4.75. The lowest BCUT2D eigenvalue weighted by molar-refractivity contribution is 0.720. The summed E-state index contributed by atoms with van der Waals surface area (Å²) in [5, 5.41) is 0. The van der Waals surface area contributed by atoms with Crippen LogP contribution in [0.2, 0.25) is 0 Å². The molecule has 1 heteroatoms. The molecule has 2 N–H and O–H groups in total. The number of hydrogen-bond acceptors (Lipinski definition) is 1. The van der Waals surface area contributed by atoms with Crippen molar-refractivity contribution < 1.29 is 0 Å². The van der Waals surface area contributed by atoms with Gasteiger partial charge in [0.15, 0.2) is 0 Å². The first-order valence-corrected chi connectivity index (χ1v) is 4.75. The summed E-state index contributed by atoms with van der Waals surface area (Å²) >= 11 is 0. The van der Waals surface area contributed by atoms with Crippen LogP contribution in [0.15, 0.2) is 42.5 Å². The van der Waals surface area contributed by atoms with E-state index in [0.717, 1.165) is 12.8 Å². The van der Waals surface area contributed by atoms with Crippen LogP contribution in [-0.2, 0) is 6.42 Å². The highest BCUT2D eigenvalue weighted by Crippen LogP contribution is 2.04. The van der Waals surface area contributed by atoms with Crippen LogP contribution in [0.5, 0.6) is 0 Å². The molecule has 0 unspecified atom stereocenters. The van der Waals surface area contributed by atoms with Crippen molar-refractivity contribution >= 4 is 0 Å². The van der Waals surface area contributed by atoms with E-state index < -0.39 is 0 Å². The van der Waals surface area contributed by atoms with E-state index in [1.54, 1.807) is 0 Å². The molecule has 1 nitrogen and oxygen atoms in total. The molecule has 1 aromatic rings. The van der Waals surface area contributed by atoms with Crippen LogP contribution in [0.1, 0.15) is 18.9 Å². The van der Waals surface area contributed by atoms with Gasteiger partial charge in [-0.2, -0.15) is 0 Å². The highest BCUT2D eigenvalue weighted by molar-refractivity contribution is 5.15. The Kier molecular flexibility index (Phi) is 4.27. The van der Waals surface area contributed by atoms with E-state index in [9.17, 15) is 0 Å². The van der Waals surface area contributed by atoms with Crippen molar-refractivity contribution in [1.82, 2.24) is 0 Å². The zero-order valence-electron chi connectivity index (χ0n) is 8.11. The lowest BCUT2D eigenvalue weighted by Crippen LogP contribution is -2.17. The van der Waals surface area contributed by atoms with E-state index >= 15 is 0 Å². The molecule has 0 aliphatic heterocycles. The first kappa shape index (κ1) is 10.0. The molecule has 0 saturated heterocycles. The van der Waals surface area contributed by atoms with Gasteiger partial charge >= 0.3 is 0 Å². The van der Waals surface area contributed by atoms with Gasteiger partial charge in [0.05, 0.1) is 0 Å². The lowest BCUT2D eigenvalue weighted by atomic mass is 10.1. The molecule has 70 valence electrons. The molecule has 1 atom stereocenters. The van der Waals surface area contributed by atoms with Gasteiger partial charge in [-0.1, -0.05) is 42.5 Å². The van der Waals surface area contributed by atoms with Crippen LogP contribution in [0.4, 0.5) is 0 Å². The van der Waals surface area contributed by atoms with Crippen molar-refractivity contribution in [2.45, 2.75) is 25.8 Å². The zero-order chi connectivity index (χ0) is 9.52. The zero-order valence-corrected chi connectivity index (χ0v) is 8.11. The van der Waals surface area contributed by atoms with Crippen LogP contribution >= 0.6 is 0 Å². The number of hydrogen-bond donors (Lipinski definition) is 1. The Morgan fingerprint density at radius 1 is 1.31 bits per heavy atom. The Morgan fingerprint density at radius 3 is 2.62 bits per heavy atom. The van der Waals surface area contributed by atoms with Gasteiger partial charge < -0.3 is 5.73 Å². The minimum absolute atomic E-state index is 0.199. The average molecular weight is 175 g/mol. The SMILES string of the molecule is CC=C[C@@H](N)CCc1ccccc1. The van der Waals surface area contributed by atoms with Gasteiger partial charge in [0, 0.05) is 6.04 Å². The van der Waals surface area contributed by atoms with E-state index in [1.807, 2.05) is 25.1 Å². The van der Waals surface area contributed by atoms with E-state index in [-0.39, 0.29) is 6.04 Å². The highest BCUT2D eigenvalue weighted by atomic mass is 14.6. The van der Waals surface area contributed by atoms with Crippen molar-refractivity contribution in [3.05, 3.63) is 48.0 Å². The molecule has 13 heavy (non-hydrogen) atoms. The number of rotatable bonds is 4. The fraction of sp³-hybridized carbons (Fsp3) is 0.333. The van der Waals surface area contributed by atoms with Gasteiger partial charge in [0.25, 0.3) is 0 Å². The summed E-state index contributed by atoms with van der Waals surface area (Å²) in [7, 11) is 0. The minimum Gasteiger partial charge on any atom is -0.324 e. The van der Waals surface area contributed by atoms with Crippen LogP contribution in [0.25, 0.3) is 0 Å². The van der Waals surface area contributed by atoms with Crippen LogP contribution in [0, 0.1) is 0 Å². The van der Waals surface area contributed by atoms with Crippen molar-refractivity contribution in [3.8, 4) is 0 Å². The summed E-state index contributed by atoms with van der Waals surface area (Å²) in [6.45, 7) is 2.00. The second kappa shape index (κ2) is 5.55. The molecular formula is C12H17N. The molecule has 0 fully saturated rings. The molecule has 0 radical (unpaired) electrons. The van der Waals surface area contributed by atoms with Gasteiger partial charge in [-0.25, -0.2) is 0 Å². The molecule has 0 aliphatic rings.